The van der Waals surface area contributed by atoms with E-state index in [4.69, 9.17) is 20.2 Å². The fourth-order valence-electron chi connectivity index (χ4n) is 4.67. The molecule has 1 aromatic heterocycles. The van der Waals surface area contributed by atoms with Gasteiger partial charge < -0.3 is 15.2 Å². The molecular formula is C28H27FN4O3S. The second kappa shape index (κ2) is 11.9. The summed E-state index contributed by atoms with van der Waals surface area (Å²) in [4.78, 5) is 18.0. The lowest BCUT2D eigenvalue weighted by molar-refractivity contribution is -0.139. The highest BCUT2D eigenvalue weighted by Gasteiger charge is 2.38. The molecule has 0 saturated heterocycles. The number of rotatable bonds is 6. The molecule has 9 heteroatoms. The number of carbonyl (C=O) groups excluding carboxylic acids is 1. The van der Waals surface area contributed by atoms with E-state index in [9.17, 15) is 19.7 Å². The predicted molar refractivity (Wildman–Crippen MR) is 136 cm³/mol. The number of hydrogen-bond acceptors (Lipinski definition) is 8. The highest BCUT2D eigenvalue weighted by Crippen LogP contribution is 2.41. The number of hydrogen-bond donors (Lipinski definition) is 1. The summed E-state index contributed by atoms with van der Waals surface area (Å²) < 4.78 is 25.2. The molecule has 0 saturated carbocycles. The first-order valence-corrected chi connectivity index (χ1v) is 13.2. The van der Waals surface area contributed by atoms with Gasteiger partial charge in [0, 0.05) is 5.69 Å². The maximum Gasteiger partial charge on any atom is 0.338 e. The number of pyridine rings is 1. The van der Waals surface area contributed by atoms with Crippen LogP contribution in [0, 0.1) is 28.5 Å². The highest BCUT2D eigenvalue weighted by molar-refractivity contribution is 7.99. The summed E-state index contributed by atoms with van der Waals surface area (Å²) in [7, 11) is 0. The van der Waals surface area contributed by atoms with Crippen LogP contribution in [0.25, 0.3) is 0 Å². The zero-order valence-electron chi connectivity index (χ0n) is 20.6. The Morgan fingerprint density at radius 3 is 2.70 bits per heavy atom. The van der Waals surface area contributed by atoms with E-state index < -0.39 is 17.7 Å². The van der Waals surface area contributed by atoms with Crippen molar-refractivity contribution >= 4 is 17.7 Å². The molecule has 0 spiro atoms. The smallest absolute Gasteiger partial charge is 0.338 e. The van der Waals surface area contributed by atoms with Crippen molar-refractivity contribution in [1.29, 1.82) is 10.5 Å². The van der Waals surface area contributed by atoms with Gasteiger partial charge in [-0.1, -0.05) is 36.7 Å². The zero-order chi connectivity index (χ0) is 26.4. The van der Waals surface area contributed by atoms with E-state index in [1.165, 1.54) is 36.4 Å². The van der Waals surface area contributed by atoms with E-state index in [1.807, 2.05) is 12.1 Å². The molecule has 2 heterocycles. The molecule has 190 valence electrons. The number of benzene rings is 1. The fraction of sp³-hybridized carbons (Fsp3) is 0.357. The number of thioether (sulfide) groups is 1. The molecule has 1 aliphatic heterocycles. The van der Waals surface area contributed by atoms with Gasteiger partial charge >= 0.3 is 5.97 Å². The summed E-state index contributed by atoms with van der Waals surface area (Å²) in [6, 6.07) is 11.8. The molecule has 1 aromatic carbocycles. The van der Waals surface area contributed by atoms with Gasteiger partial charge in [0.2, 0.25) is 5.88 Å². The molecule has 0 fully saturated rings. The molecule has 1 unspecified atom stereocenters. The molecule has 7 nitrogen and oxygen atoms in total. The minimum Gasteiger partial charge on any atom is -0.463 e. The van der Waals surface area contributed by atoms with Crippen molar-refractivity contribution in [3.63, 3.8) is 0 Å². The standard InChI is InChI=1S/C28H27FN4O3S/c1-2-35-28(34)25-23(36-26(32)21(15-31)24(25)18-9-7-10-20(29)13-18)16-37-27-19(14-30)12-17-8-5-3-4-6-11-22(17)33-27/h7,9-10,12-13,24H,2-6,8,11,16,32H2,1H3. The molecule has 1 atom stereocenters. The average molecular weight is 519 g/mol. The Bertz CT molecular complexity index is 1360. The van der Waals surface area contributed by atoms with Crippen LogP contribution in [0.5, 0.6) is 0 Å². The molecule has 2 aliphatic rings. The molecule has 2 aromatic rings. The van der Waals surface area contributed by atoms with Crippen molar-refractivity contribution in [2.24, 2.45) is 5.73 Å². The summed E-state index contributed by atoms with van der Waals surface area (Å²) in [5.74, 6) is -2.01. The number of nitrogens with two attached hydrogens (primary N) is 1. The van der Waals surface area contributed by atoms with Crippen LogP contribution in [-0.2, 0) is 27.1 Å². The van der Waals surface area contributed by atoms with Crippen molar-refractivity contribution in [1.82, 2.24) is 4.98 Å². The molecular weight excluding hydrogens is 491 g/mol. The lowest BCUT2D eigenvalue weighted by atomic mass is 9.83. The molecule has 0 bridgehead atoms. The number of aryl methyl sites for hydroxylation is 2. The van der Waals surface area contributed by atoms with Crippen molar-refractivity contribution in [3.05, 3.63) is 81.3 Å². The summed E-state index contributed by atoms with van der Waals surface area (Å²) in [6.45, 7) is 1.77. The number of esters is 1. The van der Waals surface area contributed by atoms with Crippen molar-refractivity contribution in [3.8, 4) is 12.1 Å². The number of nitrogens with zero attached hydrogens (tertiary/aromatic N) is 3. The normalized spacial score (nSPS) is 17.6. The number of nitriles is 2. The molecule has 0 amide bonds. The van der Waals surface area contributed by atoms with E-state index in [-0.39, 0.29) is 35.1 Å². The Morgan fingerprint density at radius 2 is 2.00 bits per heavy atom. The molecule has 37 heavy (non-hydrogen) atoms. The second-order valence-electron chi connectivity index (χ2n) is 8.80. The topological polar surface area (TPSA) is 122 Å². The first kappa shape index (κ1) is 26.2. The third kappa shape index (κ3) is 5.79. The van der Waals surface area contributed by atoms with Crippen LogP contribution in [0.3, 0.4) is 0 Å². The summed E-state index contributed by atoms with van der Waals surface area (Å²) >= 11 is 1.25. The predicted octanol–water partition coefficient (Wildman–Crippen LogP) is 5.17. The van der Waals surface area contributed by atoms with Crippen molar-refractivity contribution in [2.75, 3.05) is 12.4 Å². The lowest BCUT2D eigenvalue weighted by Gasteiger charge is -2.28. The largest absolute Gasteiger partial charge is 0.463 e. The van der Waals surface area contributed by atoms with E-state index in [2.05, 4.69) is 6.07 Å². The van der Waals surface area contributed by atoms with Crippen LogP contribution >= 0.6 is 11.8 Å². The molecule has 0 radical (unpaired) electrons. The van der Waals surface area contributed by atoms with Gasteiger partial charge in [0.15, 0.2) is 0 Å². The summed E-state index contributed by atoms with van der Waals surface area (Å²) in [6.07, 6.45) is 6.20. The Morgan fingerprint density at radius 1 is 1.22 bits per heavy atom. The van der Waals surface area contributed by atoms with E-state index in [0.717, 1.165) is 43.4 Å². The van der Waals surface area contributed by atoms with Gasteiger partial charge in [0.1, 0.15) is 34.3 Å². The van der Waals surface area contributed by atoms with Gasteiger partial charge in [-0.15, -0.1) is 0 Å². The third-order valence-electron chi connectivity index (χ3n) is 6.40. The van der Waals surface area contributed by atoms with Gasteiger partial charge in [0.05, 0.1) is 29.4 Å². The minimum absolute atomic E-state index is 0.000613. The number of ether oxygens (including phenoxy) is 2. The van der Waals surface area contributed by atoms with E-state index >= 15 is 0 Å². The minimum atomic E-state index is -0.955. The number of fused-ring (bicyclic) bond motifs is 1. The van der Waals surface area contributed by atoms with E-state index in [1.54, 1.807) is 13.0 Å². The monoisotopic (exact) mass is 518 g/mol. The molecule has 1 aliphatic carbocycles. The Kier molecular flexibility index (Phi) is 8.47. The van der Waals surface area contributed by atoms with Crippen molar-refractivity contribution in [2.45, 2.75) is 56.4 Å². The first-order valence-electron chi connectivity index (χ1n) is 12.3. The maximum atomic E-state index is 14.1. The quantitative estimate of drug-likeness (QED) is 0.411. The lowest BCUT2D eigenvalue weighted by Crippen LogP contribution is -2.27. The van der Waals surface area contributed by atoms with Gasteiger partial charge in [-0.05, 0) is 61.9 Å². The molecule has 4 rings (SSSR count). The van der Waals surface area contributed by atoms with Gasteiger partial charge in [-0.3, -0.25) is 0 Å². The van der Waals surface area contributed by atoms with Crippen LogP contribution in [0.1, 0.15) is 60.9 Å². The van der Waals surface area contributed by atoms with Crippen LogP contribution in [0.4, 0.5) is 4.39 Å². The van der Waals surface area contributed by atoms with Crippen LogP contribution in [0.15, 0.2) is 58.1 Å². The van der Waals surface area contributed by atoms with Crippen molar-refractivity contribution < 1.29 is 18.7 Å². The molecule has 2 N–H and O–H groups in total. The average Bonchev–Trinajstić information content (AvgIpc) is 2.87. The van der Waals surface area contributed by atoms with E-state index in [0.29, 0.717) is 16.2 Å². The number of carbonyl (C=O) groups is 1. The Hall–Kier alpha value is -3.82. The second-order valence-corrected chi connectivity index (χ2v) is 9.76. The first-order chi connectivity index (χ1) is 18.0. The number of halogens is 1. The van der Waals surface area contributed by atoms with Gasteiger partial charge in [-0.2, -0.15) is 10.5 Å². The van der Waals surface area contributed by atoms with Crippen LogP contribution in [-0.4, -0.2) is 23.3 Å². The van der Waals surface area contributed by atoms with Gasteiger partial charge in [-0.25, -0.2) is 14.2 Å². The Labute approximate surface area is 219 Å². The van der Waals surface area contributed by atoms with Crippen LogP contribution < -0.4 is 5.73 Å². The van der Waals surface area contributed by atoms with Crippen LogP contribution in [0.2, 0.25) is 0 Å². The summed E-state index contributed by atoms with van der Waals surface area (Å²) in [5.41, 5.74) is 9.13. The van der Waals surface area contributed by atoms with Gasteiger partial charge in [0.25, 0.3) is 0 Å². The number of aromatic nitrogens is 1. The third-order valence-corrected chi connectivity index (χ3v) is 7.39. The Balaban J connectivity index is 1.75. The summed E-state index contributed by atoms with van der Waals surface area (Å²) in [5, 5.41) is 20.2. The zero-order valence-corrected chi connectivity index (χ0v) is 21.4. The maximum absolute atomic E-state index is 14.1. The highest BCUT2D eigenvalue weighted by atomic mass is 32.2. The SMILES string of the molecule is CCOC(=O)C1=C(CSc2nc3c(cc2C#N)CCCCCC3)OC(N)=C(C#N)C1c1cccc(F)c1. The number of allylic oxidation sites excluding steroid dienone is 1. The fourth-order valence-corrected chi connectivity index (χ4v) is 5.59.